The van der Waals surface area contributed by atoms with E-state index in [2.05, 4.69) is 10.7 Å². The summed E-state index contributed by atoms with van der Waals surface area (Å²) >= 11 is 0. The maximum atomic E-state index is 12.8. The first-order valence-corrected chi connectivity index (χ1v) is 8.42. The fourth-order valence-corrected chi connectivity index (χ4v) is 3.06. The quantitative estimate of drug-likeness (QED) is 0.803. The Morgan fingerprint density at radius 2 is 1.78 bits per heavy atom. The molecule has 1 atom stereocenters. The maximum Gasteiger partial charge on any atom is 0.344 e. The van der Waals surface area contributed by atoms with Crippen LogP contribution in [0.15, 0.2) is 48.5 Å². The van der Waals surface area contributed by atoms with E-state index < -0.39 is 23.4 Å². The van der Waals surface area contributed by atoms with Crippen molar-refractivity contribution in [3.05, 3.63) is 59.7 Å². The number of urea groups is 1. The number of carbonyl (C=O) groups excluding carboxylic acids is 3. The second-order valence-electron chi connectivity index (χ2n) is 6.36. The van der Waals surface area contributed by atoms with Crippen molar-refractivity contribution >= 4 is 17.8 Å². The van der Waals surface area contributed by atoms with Gasteiger partial charge in [-0.1, -0.05) is 30.3 Å². The molecule has 0 spiro atoms. The van der Waals surface area contributed by atoms with Crippen LogP contribution in [0.3, 0.4) is 0 Å². The van der Waals surface area contributed by atoms with Crippen molar-refractivity contribution in [3.8, 4) is 11.5 Å². The molecule has 2 aliphatic heterocycles. The Balaban J connectivity index is 1.55. The van der Waals surface area contributed by atoms with Crippen LogP contribution in [0.5, 0.6) is 11.5 Å². The van der Waals surface area contributed by atoms with Gasteiger partial charge in [0, 0.05) is 5.56 Å². The first-order chi connectivity index (χ1) is 13.0. The minimum absolute atomic E-state index is 0.244. The SMILES string of the molecule is CC1(c2ccccc2)NC(=O)N(NC(=O)c2ccc3c(c2)OCCO3)C1=O. The average molecular weight is 367 g/mol. The molecule has 2 N–H and O–H groups in total. The molecule has 8 nitrogen and oxygen atoms in total. The molecule has 0 aliphatic carbocycles. The van der Waals surface area contributed by atoms with Crippen LogP contribution in [0, 0.1) is 0 Å². The average Bonchev–Trinajstić information content (AvgIpc) is 2.92. The number of hydrazine groups is 1. The third-order valence-corrected chi connectivity index (χ3v) is 4.56. The van der Waals surface area contributed by atoms with Crippen molar-refractivity contribution < 1.29 is 23.9 Å². The highest BCUT2D eigenvalue weighted by Crippen LogP contribution is 2.31. The van der Waals surface area contributed by atoms with Crippen LogP contribution in [0.2, 0.25) is 0 Å². The fraction of sp³-hybridized carbons (Fsp3) is 0.211. The fourth-order valence-electron chi connectivity index (χ4n) is 3.06. The van der Waals surface area contributed by atoms with E-state index in [4.69, 9.17) is 9.47 Å². The highest BCUT2D eigenvalue weighted by atomic mass is 16.6. The summed E-state index contributed by atoms with van der Waals surface area (Å²) in [7, 11) is 0. The van der Waals surface area contributed by atoms with Crippen molar-refractivity contribution in [2.75, 3.05) is 13.2 Å². The first-order valence-electron chi connectivity index (χ1n) is 8.42. The van der Waals surface area contributed by atoms with E-state index in [0.717, 1.165) is 0 Å². The molecule has 2 aromatic carbocycles. The largest absolute Gasteiger partial charge is 0.486 e. The van der Waals surface area contributed by atoms with E-state index in [1.54, 1.807) is 37.3 Å². The third-order valence-electron chi connectivity index (χ3n) is 4.56. The van der Waals surface area contributed by atoms with E-state index in [1.165, 1.54) is 12.1 Å². The van der Waals surface area contributed by atoms with Gasteiger partial charge in [0.05, 0.1) is 0 Å². The zero-order valence-electron chi connectivity index (χ0n) is 14.5. The van der Waals surface area contributed by atoms with E-state index in [1.807, 2.05) is 6.07 Å². The topological polar surface area (TPSA) is 97.0 Å². The van der Waals surface area contributed by atoms with Crippen LogP contribution in [-0.4, -0.2) is 36.1 Å². The number of rotatable bonds is 3. The van der Waals surface area contributed by atoms with Crippen molar-refractivity contribution in [2.24, 2.45) is 0 Å². The summed E-state index contributed by atoms with van der Waals surface area (Å²) in [4.78, 5) is 37.7. The lowest BCUT2D eigenvalue weighted by Gasteiger charge is -2.22. The van der Waals surface area contributed by atoms with Gasteiger partial charge in [0.2, 0.25) is 0 Å². The van der Waals surface area contributed by atoms with Crippen molar-refractivity contribution in [2.45, 2.75) is 12.5 Å². The maximum absolute atomic E-state index is 12.8. The monoisotopic (exact) mass is 367 g/mol. The van der Waals surface area contributed by atoms with Crippen LogP contribution in [0.1, 0.15) is 22.8 Å². The normalized spacial score (nSPS) is 21.0. The second-order valence-corrected chi connectivity index (χ2v) is 6.36. The van der Waals surface area contributed by atoms with Gasteiger partial charge in [0.1, 0.15) is 18.8 Å². The summed E-state index contributed by atoms with van der Waals surface area (Å²) in [5.74, 6) is -0.179. The Kier molecular flexibility index (Phi) is 3.95. The number of imide groups is 1. The smallest absolute Gasteiger partial charge is 0.344 e. The minimum Gasteiger partial charge on any atom is -0.486 e. The van der Waals surface area contributed by atoms with Crippen LogP contribution in [0.4, 0.5) is 4.79 Å². The van der Waals surface area contributed by atoms with Gasteiger partial charge in [0.25, 0.3) is 11.8 Å². The molecule has 8 heteroatoms. The molecule has 138 valence electrons. The molecule has 1 saturated heterocycles. The van der Waals surface area contributed by atoms with Gasteiger partial charge < -0.3 is 14.8 Å². The first kappa shape index (κ1) is 16.9. The van der Waals surface area contributed by atoms with E-state index in [-0.39, 0.29) is 5.56 Å². The van der Waals surface area contributed by atoms with E-state index in [9.17, 15) is 14.4 Å². The molecule has 2 heterocycles. The lowest BCUT2D eigenvalue weighted by Crippen LogP contribution is -2.47. The zero-order chi connectivity index (χ0) is 19.0. The predicted octanol–water partition coefficient (Wildman–Crippen LogP) is 1.57. The molecular weight excluding hydrogens is 350 g/mol. The minimum atomic E-state index is -1.25. The van der Waals surface area contributed by atoms with Crippen molar-refractivity contribution in [1.29, 1.82) is 0 Å². The van der Waals surface area contributed by atoms with Crippen molar-refractivity contribution in [3.63, 3.8) is 0 Å². The number of benzene rings is 2. The number of nitrogens with one attached hydrogen (secondary N) is 2. The number of carbonyl (C=O) groups is 3. The Labute approximate surface area is 155 Å². The summed E-state index contributed by atoms with van der Waals surface area (Å²) < 4.78 is 10.9. The van der Waals surface area contributed by atoms with Gasteiger partial charge in [-0.2, -0.15) is 5.01 Å². The molecule has 0 bridgehead atoms. The lowest BCUT2D eigenvalue weighted by atomic mass is 9.92. The predicted molar refractivity (Wildman–Crippen MR) is 94.1 cm³/mol. The van der Waals surface area contributed by atoms with Gasteiger partial charge in [-0.3, -0.25) is 15.0 Å². The number of hydrogen-bond donors (Lipinski definition) is 2. The number of ether oxygens (including phenoxy) is 2. The molecule has 0 aromatic heterocycles. The van der Waals surface area contributed by atoms with Gasteiger partial charge in [-0.25, -0.2) is 4.79 Å². The summed E-state index contributed by atoms with van der Waals surface area (Å²) in [6.07, 6.45) is 0. The summed E-state index contributed by atoms with van der Waals surface area (Å²) in [5.41, 5.74) is 1.98. The molecule has 4 amide bonds. The molecule has 27 heavy (non-hydrogen) atoms. The number of amides is 4. The molecule has 4 rings (SSSR count). The summed E-state index contributed by atoms with van der Waals surface area (Å²) in [6.45, 7) is 2.43. The Hall–Kier alpha value is -3.55. The van der Waals surface area contributed by atoms with E-state index >= 15 is 0 Å². The second kappa shape index (κ2) is 6.31. The molecule has 0 saturated carbocycles. The molecule has 0 radical (unpaired) electrons. The van der Waals surface area contributed by atoms with Gasteiger partial charge in [0.15, 0.2) is 11.5 Å². The number of hydrogen-bond acceptors (Lipinski definition) is 5. The molecule has 2 aromatic rings. The number of fused-ring (bicyclic) bond motifs is 1. The van der Waals surface area contributed by atoms with Gasteiger partial charge in [-0.05, 0) is 30.7 Å². The van der Waals surface area contributed by atoms with Crippen LogP contribution in [-0.2, 0) is 10.3 Å². The molecule has 2 aliphatic rings. The van der Waals surface area contributed by atoms with Gasteiger partial charge >= 0.3 is 6.03 Å². The Morgan fingerprint density at radius 1 is 1.07 bits per heavy atom. The Bertz CT molecular complexity index is 930. The van der Waals surface area contributed by atoms with Crippen molar-refractivity contribution in [1.82, 2.24) is 15.8 Å². The molecule has 1 unspecified atom stereocenters. The molecule has 1 fully saturated rings. The number of nitrogens with zero attached hydrogens (tertiary/aromatic N) is 1. The van der Waals surface area contributed by atoms with Gasteiger partial charge in [-0.15, -0.1) is 0 Å². The van der Waals surface area contributed by atoms with Crippen LogP contribution < -0.4 is 20.2 Å². The van der Waals surface area contributed by atoms with Crippen LogP contribution >= 0.6 is 0 Å². The summed E-state index contributed by atoms with van der Waals surface area (Å²) in [5, 5.41) is 3.33. The molecular formula is C19H17N3O5. The zero-order valence-corrected chi connectivity index (χ0v) is 14.5. The highest BCUT2D eigenvalue weighted by Gasteiger charge is 2.50. The highest BCUT2D eigenvalue weighted by molar-refractivity contribution is 6.09. The summed E-state index contributed by atoms with van der Waals surface area (Å²) in [6, 6.07) is 12.8. The van der Waals surface area contributed by atoms with E-state index in [0.29, 0.717) is 35.3 Å². The standard InChI is InChI=1S/C19H17N3O5/c1-19(13-5-3-2-4-6-13)17(24)22(18(25)20-19)21-16(23)12-7-8-14-15(11-12)27-10-9-26-14/h2-8,11H,9-10H2,1H3,(H,20,25)(H,21,23). The third kappa shape index (κ3) is 2.84. The Morgan fingerprint density at radius 3 is 2.52 bits per heavy atom. The lowest BCUT2D eigenvalue weighted by molar-refractivity contribution is -0.132. The van der Waals surface area contributed by atoms with Crippen LogP contribution in [0.25, 0.3) is 0 Å².